The largest absolute Gasteiger partial charge is 0.353 e. The van der Waals surface area contributed by atoms with E-state index in [1.165, 1.54) is 0 Å². The molecule has 4 aromatic rings. The zero-order valence-corrected chi connectivity index (χ0v) is 19.7. The molecule has 4 rings (SSSR count). The molecule has 0 atom stereocenters. The number of nitrogens with zero attached hydrogens (tertiary/aromatic N) is 6. The number of unbranched alkanes of at least 4 members (excludes halogenated alkanes) is 1. The molecule has 0 bridgehead atoms. The molecule has 0 saturated carbocycles. The smallest absolute Gasteiger partial charge is 0.274 e. The molecule has 0 aliphatic heterocycles. The van der Waals surface area contributed by atoms with Gasteiger partial charge in [-0.05, 0) is 40.3 Å². The minimum atomic E-state index is -0.367. The van der Waals surface area contributed by atoms with Crippen LogP contribution in [0.1, 0.15) is 56.2 Å². The molecule has 34 heavy (non-hydrogen) atoms. The van der Waals surface area contributed by atoms with Crippen molar-refractivity contribution >= 4 is 5.91 Å². The highest BCUT2D eigenvalue weighted by molar-refractivity contribution is 5.77. The topological polar surface area (TPSA) is 111 Å². The molecule has 0 fully saturated rings. The summed E-state index contributed by atoms with van der Waals surface area (Å²) in [4.78, 5) is 25.6. The molecule has 0 radical (unpaired) electrons. The van der Waals surface area contributed by atoms with Crippen LogP contribution >= 0.6 is 0 Å². The Bertz CT molecular complexity index is 1300. The average Bonchev–Trinajstić information content (AvgIpc) is 3.48. The molecule has 2 aromatic heterocycles. The SMILES string of the molecule is CCCCC(=O)n1nc(CC(C)C)n(Cc2ccc(-c3cccc(-c4nn[nH]n4)c3)cc2)c1=O. The summed E-state index contributed by atoms with van der Waals surface area (Å²) < 4.78 is 2.67. The van der Waals surface area contributed by atoms with Gasteiger partial charge in [0.1, 0.15) is 5.82 Å². The Morgan fingerprint density at radius 2 is 1.82 bits per heavy atom. The summed E-state index contributed by atoms with van der Waals surface area (Å²) in [6.45, 7) is 6.53. The van der Waals surface area contributed by atoms with Crippen LogP contribution in [0.3, 0.4) is 0 Å². The summed E-state index contributed by atoms with van der Waals surface area (Å²) in [5.41, 5.74) is 3.54. The Morgan fingerprint density at radius 3 is 2.50 bits per heavy atom. The van der Waals surface area contributed by atoms with E-state index in [4.69, 9.17) is 0 Å². The number of aromatic nitrogens is 7. The van der Waals surface area contributed by atoms with E-state index < -0.39 is 0 Å². The van der Waals surface area contributed by atoms with E-state index in [0.717, 1.165) is 39.8 Å². The third-order valence-corrected chi connectivity index (χ3v) is 5.60. The lowest BCUT2D eigenvalue weighted by atomic mass is 10.0. The first-order valence-corrected chi connectivity index (χ1v) is 11.6. The fraction of sp³-hybridized carbons (Fsp3) is 0.360. The maximum atomic E-state index is 13.0. The van der Waals surface area contributed by atoms with Crippen LogP contribution in [0.5, 0.6) is 0 Å². The molecule has 0 spiro atoms. The highest BCUT2D eigenvalue weighted by atomic mass is 16.2. The average molecular weight is 460 g/mol. The minimum absolute atomic E-state index is 0.243. The maximum absolute atomic E-state index is 13.0. The van der Waals surface area contributed by atoms with Crippen LogP contribution in [0.15, 0.2) is 53.3 Å². The van der Waals surface area contributed by atoms with Crippen molar-refractivity contribution in [1.82, 2.24) is 35.0 Å². The molecule has 0 aliphatic rings. The molecule has 2 aromatic carbocycles. The zero-order valence-electron chi connectivity index (χ0n) is 19.7. The fourth-order valence-electron chi connectivity index (χ4n) is 3.82. The summed E-state index contributed by atoms with van der Waals surface area (Å²) in [5, 5.41) is 18.6. The highest BCUT2D eigenvalue weighted by Crippen LogP contribution is 2.24. The number of hydrogen-bond acceptors (Lipinski definition) is 6. The van der Waals surface area contributed by atoms with Crippen molar-refractivity contribution in [3.63, 3.8) is 0 Å². The Hall–Kier alpha value is -3.88. The van der Waals surface area contributed by atoms with Gasteiger partial charge in [0.2, 0.25) is 5.82 Å². The third kappa shape index (κ3) is 5.19. The maximum Gasteiger partial charge on any atom is 0.353 e. The second kappa shape index (κ2) is 10.4. The number of carbonyl (C=O) groups excluding carboxylic acids is 1. The Labute approximate surface area is 197 Å². The van der Waals surface area contributed by atoms with Gasteiger partial charge in [0, 0.05) is 18.4 Å². The van der Waals surface area contributed by atoms with Crippen molar-refractivity contribution in [2.24, 2.45) is 5.92 Å². The van der Waals surface area contributed by atoms with Gasteiger partial charge < -0.3 is 0 Å². The molecular formula is C25H29N7O2. The fourth-order valence-corrected chi connectivity index (χ4v) is 3.82. The second-order valence-electron chi connectivity index (χ2n) is 8.81. The lowest BCUT2D eigenvalue weighted by Crippen LogP contribution is -2.30. The number of carbonyl (C=O) groups is 1. The normalized spacial score (nSPS) is 11.3. The van der Waals surface area contributed by atoms with E-state index in [1.807, 2.05) is 55.5 Å². The van der Waals surface area contributed by atoms with Gasteiger partial charge in [-0.15, -0.1) is 20.0 Å². The summed E-state index contributed by atoms with van der Waals surface area (Å²) in [5.74, 6) is 1.25. The first kappa shape index (κ1) is 23.3. The van der Waals surface area contributed by atoms with Crippen molar-refractivity contribution in [3.05, 3.63) is 70.4 Å². The number of aromatic amines is 1. The van der Waals surface area contributed by atoms with Crippen molar-refractivity contribution in [3.8, 4) is 22.5 Å². The first-order chi connectivity index (χ1) is 16.5. The molecule has 9 nitrogen and oxygen atoms in total. The van der Waals surface area contributed by atoms with Crippen LogP contribution in [0.25, 0.3) is 22.5 Å². The lowest BCUT2D eigenvalue weighted by Gasteiger charge is -2.09. The van der Waals surface area contributed by atoms with E-state index in [2.05, 4.69) is 39.6 Å². The van der Waals surface area contributed by atoms with Gasteiger partial charge in [-0.1, -0.05) is 69.7 Å². The third-order valence-electron chi connectivity index (χ3n) is 5.60. The number of tetrazole rings is 1. The van der Waals surface area contributed by atoms with Gasteiger partial charge in [-0.25, -0.2) is 4.79 Å². The van der Waals surface area contributed by atoms with Crippen LogP contribution < -0.4 is 5.69 Å². The summed E-state index contributed by atoms with van der Waals surface area (Å²) >= 11 is 0. The predicted octanol–water partition coefficient (Wildman–Crippen LogP) is 3.97. The van der Waals surface area contributed by atoms with Crippen molar-refractivity contribution < 1.29 is 4.79 Å². The number of nitrogens with one attached hydrogen (secondary N) is 1. The van der Waals surface area contributed by atoms with Gasteiger partial charge in [0.25, 0.3) is 5.91 Å². The van der Waals surface area contributed by atoms with Crippen molar-refractivity contribution in [2.75, 3.05) is 0 Å². The highest BCUT2D eigenvalue weighted by Gasteiger charge is 2.19. The van der Waals surface area contributed by atoms with Gasteiger partial charge in [0.05, 0.1) is 6.54 Å². The Balaban J connectivity index is 1.58. The van der Waals surface area contributed by atoms with Crippen LogP contribution in [-0.4, -0.2) is 40.9 Å². The molecule has 2 heterocycles. The van der Waals surface area contributed by atoms with E-state index in [-0.39, 0.29) is 11.6 Å². The number of benzene rings is 2. The molecule has 0 aliphatic carbocycles. The quantitative estimate of drug-likeness (QED) is 0.405. The summed E-state index contributed by atoms with van der Waals surface area (Å²) in [6.07, 6.45) is 2.59. The molecule has 176 valence electrons. The van der Waals surface area contributed by atoms with E-state index in [1.54, 1.807) is 4.57 Å². The van der Waals surface area contributed by atoms with Crippen LogP contribution in [0, 0.1) is 5.92 Å². The van der Waals surface area contributed by atoms with E-state index in [9.17, 15) is 9.59 Å². The summed E-state index contributed by atoms with van der Waals surface area (Å²) in [7, 11) is 0. The van der Waals surface area contributed by atoms with Gasteiger partial charge in [-0.2, -0.15) is 5.21 Å². The van der Waals surface area contributed by atoms with E-state index >= 15 is 0 Å². The Morgan fingerprint density at radius 1 is 1.06 bits per heavy atom. The molecule has 1 N–H and O–H groups in total. The van der Waals surface area contributed by atoms with Crippen molar-refractivity contribution in [1.29, 1.82) is 0 Å². The van der Waals surface area contributed by atoms with Gasteiger partial charge in [-0.3, -0.25) is 9.36 Å². The molecule has 0 amide bonds. The standard InChI is InChI=1S/C25H29N7O2/c1-4-5-9-23(33)32-25(34)31(22(28-32)14-17(2)3)16-18-10-12-19(13-11-18)20-7-6-8-21(15-20)24-26-29-30-27-24/h6-8,10-13,15,17H,4-5,9,14,16H2,1-3H3,(H,26,27,29,30). The van der Waals surface area contributed by atoms with E-state index in [0.29, 0.717) is 37.0 Å². The lowest BCUT2D eigenvalue weighted by molar-refractivity contribution is 0.0878. The van der Waals surface area contributed by atoms with Crippen LogP contribution in [-0.2, 0) is 13.0 Å². The zero-order chi connectivity index (χ0) is 24.1. The van der Waals surface area contributed by atoms with Crippen molar-refractivity contribution in [2.45, 2.75) is 53.0 Å². The van der Waals surface area contributed by atoms with Gasteiger partial charge >= 0.3 is 5.69 Å². The number of H-pyrrole nitrogens is 1. The minimum Gasteiger partial charge on any atom is -0.274 e. The second-order valence-corrected chi connectivity index (χ2v) is 8.81. The summed E-state index contributed by atoms with van der Waals surface area (Å²) in [6, 6.07) is 16.0. The number of hydrogen-bond donors (Lipinski definition) is 1. The van der Waals surface area contributed by atoms with Crippen LogP contribution in [0.4, 0.5) is 0 Å². The molecule has 9 heteroatoms. The Kier molecular flexibility index (Phi) is 7.10. The van der Waals surface area contributed by atoms with Gasteiger partial charge in [0.15, 0.2) is 0 Å². The first-order valence-electron chi connectivity index (χ1n) is 11.6. The number of rotatable bonds is 9. The molecule has 0 unspecified atom stereocenters. The molecule has 0 saturated heterocycles. The monoisotopic (exact) mass is 459 g/mol. The molecular weight excluding hydrogens is 430 g/mol. The van der Waals surface area contributed by atoms with Crippen LogP contribution in [0.2, 0.25) is 0 Å². The predicted molar refractivity (Wildman–Crippen MR) is 129 cm³/mol.